The van der Waals surface area contributed by atoms with E-state index in [0.29, 0.717) is 17.7 Å². The van der Waals surface area contributed by atoms with Gasteiger partial charge in [-0.3, -0.25) is 15.0 Å². The van der Waals surface area contributed by atoms with Gasteiger partial charge in [-0.2, -0.15) is 10.2 Å². The molecule has 0 saturated heterocycles. The van der Waals surface area contributed by atoms with Crippen molar-refractivity contribution >= 4 is 11.5 Å². The molecule has 2 heterocycles. The largest absolute Gasteiger partial charge is 0.506 e. The predicted octanol–water partition coefficient (Wildman–Crippen LogP) is 2.04. The maximum absolute atomic E-state index is 12.9. The van der Waals surface area contributed by atoms with Crippen molar-refractivity contribution in [2.24, 2.45) is 0 Å². The van der Waals surface area contributed by atoms with Crippen LogP contribution >= 0.6 is 0 Å². The Morgan fingerprint density at radius 2 is 2.00 bits per heavy atom. The van der Waals surface area contributed by atoms with E-state index in [0.717, 1.165) is 11.6 Å². The molecule has 1 aromatic carbocycles. The summed E-state index contributed by atoms with van der Waals surface area (Å²) in [7, 11) is 0. The average molecular weight is 313 g/mol. The predicted molar refractivity (Wildman–Crippen MR) is 79.1 cm³/mol. The van der Waals surface area contributed by atoms with Crippen molar-refractivity contribution in [1.82, 2.24) is 25.4 Å². The number of ketones is 1. The molecule has 0 saturated carbocycles. The van der Waals surface area contributed by atoms with Crippen molar-refractivity contribution in [3.8, 4) is 0 Å². The van der Waals surface area contributed by atoms with E-state index < -0.39 is 5.78 Å². The molecule has 8 heteroatoms. The van der Waals surface area contributed by atoms with Crippen molar-refractivity contribution < 1.29 is 14.3 Å². The summed E-state index contributed by atoms with van der Waals surface area (Å²) in [5.41, 5.74) is 1.85. The lowest BCUT2D eigenvalue weighted by Crippen LogP contribution is -2.01. The fourth-order valence-electron chi connectivity index (χ4n) is 2.08. The number of benzene rings is 1. The molecule has 3 rings (SSSR count). The molecular weight excluding hydrogens is 301 g/mol. The lowest BCUT2D eigenvalue weighted by Gasteiger charge is -2.03. The zero-order valence-corrected chi connectivity index (χ0v) is 11.8. The van der Waals surface area contributed by atoms with Gasteiger partial charge in [0.1, 0.15) is 23.6 Å². The average Bonchev–Trinajstić information content (AvgIpc) is 3.20. The molecule has 0 spiro atoms. The van der Waals surface area contributed by atoms with Crippen LogP contribution in [0.3, 0.4) is 0 Å². The van der Waals surface area contributed by atoms with E-state index in [4.69, 9.17) is 0 Å². The number of aliphatic hydroxyl groups is 1. The highest BCUT2D eigenvalue weighted by Gasteiger charge is 2.13. The van der Waals surface area contributed by atoms with Gasteiger partial charge in [0, 0.05) is 18.1 Å². The highest BCUT2D eigenvalue weighted by Crippen LogP contribution is 2.18. The highest BCUT2D eigenvalue weighted by atomic mass is 19.1. The molecule has 0 fully saturated rings. The van der Waals surface area contributed by atoms with E-state index in [-0.39, 0.29) is 17.4 Å². The van der Waals surface area contributed by atoms with Crippen LogP contribution in [-0.2, 0) is 6.42 Å². The number of allylic oxidation sites excluding steroid dienone is 1. The first-order chi connectivity index (χ1) is 11.1. The fraction of sp³-hybridized carbons (Fsp3) is 0.0667. The highest BCUT2D eigenvalue weighted by molar-refractivity contribution is 6.05. The van der Waals surface area contributed by atoms with Crippen LogP contribution in [0.5, 0.6) is 0 Å². The van der Waals surface area contributed by atoms with Crippen LogP contribution in [0, 0.1) is 5.82 Å². The van der Waals surface area contributed by atoms with Crippen LogP contribution in [0.25, 0.3) is 5.76 Å². The standard InChI is InChI=1S/C15H12FN5O2/c16-11-3-1-9(2-4-11)5-10-7-18-20-14(10)12(22)6-13(23)15-17-8-19-21-15/h1-4,6-8,22H,5H2,(H,18,20)(H,17,19,21). The van der Waals surface area contributed by atoms with Crippen LogP contribution in [-0.4, -0.2) is 36.3 Å². The molecule has 0 bridgehead atoms. The van der Waals surface area contributed by atoms with Gasteiger partial charge < -0.3 is 5.11 Å². The number of aliphatic hydroxyl groups excluding tert-OH is 1. The third-order valence-corrected chi connectivity index (χ3v) is 3.20. The monoisotopic (exact) mass is 313 g/mol. The molecule has 0 unspecified atom stereocenters. The second-order valence-corrected chi connectivity index (χ2v) is 4.80. The summed E-state index contributed by atoms with van der Waals surface area (Å²) in [6.45, 7) is 0. The summed E-state index contributed by atoms with van der Waals surface area (Å²) < 4.78 is 12.9. The van der Waals surface area contributed by atoms with E-state index in [2.05, 4.69) is 25.4 Å². The number of aromatic amines is 2. The minimum atomic E-state index is -0.512. The number of H-pyrrole nitrogens is 2. The van der Waals surface area contributed by atoms with Crippen molar-refractivity contribution in [1.29, 1.82) is 0 Å². The summed E-state index contributed by atoms with van der Waals surface area (Å²) in [5, 5.41) is 22.7. The third kappa shape index (κ3) is 3.31. The minimum absolute atomic E-state index is 0.0242. The maximum Gasteiger partial charge on any atom is 0.226 e. The summed E-state index contributed by atoms with van der Waals surface area (Å²) in [6.07, 6.45) is 4.21. The Labute approximate surface area is 129 Å². The molecule has 116 valence electrons. The number of nitrogens with one attached hydrogen (secondary N) is 2. The number of rotatable bonds is 5. The zero-order chi connectivity index (χ0) is 16.2. The van der Waals surface area contributed by atoms with Gasteiger partial charge >= 0.3 is 0 Å². The number of hydrogen-bond acceptors (Lipinski definition) is 5. The van der Waals surface area contributed by atoms with E-state index >= 15 is 0 Å². The van der Waals surface area contributed by atoms with Crippen molar-refractivity contribution in [2.75, 3.05) is 0 Å². The van der Waals surface area contributed by atoms with Crippen LogP contribution in [0.2, 0.25) is 0 Å². The first-order valence-electron chi connectivity index (χ1n) is 6.71. The molecule has 0 aliphatic heterocycles. The number of nitrogens with zero attached hydrogens (tertiary/aromatic N) is 3. The van der Waals surface area contributed by atoms with Crippen molar-refractivity contribution in [2.45, 2.75) is 6.42 Å². The van der Waals surface area contributed by atoms with Gasteiger partial charge in [-0.15, -0.1) is 0 Å². The van der Waals surface area contributed by atoms with Crippen LogP contribution < -0.4 is 0 Å². The van der Waals surface area contributed by atoms with Gasteiger partial charge in [0.25, 0.3) is 0 Å². The van der Waals surface area contributed by atoms with Crippen LogP contribution in [0.4, 0.5) is 4.39 Å². The third-order valence-electron chi connectivity index (χ3n) is 3.20. The molecule has 0 aliphatic rings. The van der Waals surface area contributed by atoms with Crippen molar-refractivity contribution in [3.05, 3.63) is 71.3 Å². The summed E-state index contributed by atoms with van der Waals surface area (Å²) in [5.74, 6) is -1.07. The molecular formula is C15H12FN5O2. The minimum Gasteiger partial charge on any atom is -0.506 e. The van der Waals surface area contributed by atoms with Crippen LogP contribution in [0.15, 0.2) is 42.9 Å². The molecule has 0 amide bonds. The van der Waals surface area contributed by atoms with Gasteiger partial charge in [-0.25, -0.2) is 9.37 Å². The van der Waals surface area contributed by atoms with Crippen LogP contribution in [0.1, 0.15) is 27.4 Å². The molecule has 3 N–H and O–H groups in total. The Kier molecular flexibility index (Phi) is 3.96. The number of halogens is 1. The molecule has 0 aliphatic carbocycles. The Morgan fingerprint density at radius 3 is 2.70 bits per heavy atom. The molecule has 0 radical (unpaired) electrons. The molecule has 2 aromatic heterocycles. The number of carbonyl (C=O) groups is 1. The second kappa shape index (κ2) is 6.22. The van der Waals surface area contributed by atoms with E-state index in [9.17, 15) is 14.3 Å². The molecule has 0 atom stereocenters. The Morgan fingerprint density at radius 1 is 1.22 bits per heavy atom. The lowest BCUT2D eigenvalue weighted by molar-refractivity contribution is 0.103. The molecule has 3 aromatic rings. The van der Waals surface area contributed by atoms with Gasteiger partial charge in [-0.05, 0) is 17.7 Å². The Bertz CT molecular complexity index is 837. The fourth-order valence-corrected chi connectivity index (χ4v) is 2.08. The first-order valence-corrected chi connectivity index (χ1v) is 6.71. The van der Waals surface area contributed by atoms with Gasteiger partial charge in [-0.1, -0.05) is 12.1 Å². The van der Waals surface area contributed by atoms with Crippen molar-refractivity contribution in [3.63, 3.8) is 0 Å². The number of aromatic nitrogens is 5. The SMILES string of the molecule is O=C(C=C(O)c1[nH]ncc1Cc1ccc(F)cc1)c1ncn[nH]1. The first kappa shape index (κ1) is 14.6. The van der Waals surface area contributed by atoms with Gasteiger partial charge in [0.2, 0.25) is 5.78 Å². The number of carbonyl (C=O) groups excluding carboxylic acids is 1. The lowest BCUT2D eigenvalue weighted by atomic mass is 10.0. The smallest absolute Gasteiger partial charge is 0.226 e. The zero-order valence-electron chi connectivity index (χ0n) is 11.8. The van der Waals surface area contributed by atoms with Gasteiger partial charge in [0.15, 0.2) is 5.82 Å². The second-order valence-electron chi connectivity index (χ2n) is 4.80. The number of hydrogen-bond donors (Lipinski definition) is 3. The van der Waals surface area contributed by atoms with E-state index in [1.54, 1.807) is 18.3 Å². The van der Waals surface area contributed by atoms with E-state index in [1.807, 2.05) is 0 Å². The van der Waals surface area contributed by atoms with Gasteiger partial charge in [0.05, 0.1) is 6.20 Å². The maximum atomic E-state index is 12.9. The summed E-state index contributed by atoms with van der Waals surface area (Å²) in [6, 6.07) is 6.01. The summed E-state index contributed by atoms with van der Waals surface area (Å²) in [4.78, 5) is 15.6. The quantitative estimate of drug-likeness (QED) is 0.379. The van der Waals surface area contributed by atoms with E-state index in [1.165, 1.54) is 18.5 Å². The normalized spacial score (nSPS) is 11.6. The molecule has 23 heavy (non-hydrogen) atoms. The Hall–Kier alpha value is -3.29. The molecule has 7 nitrogen and oxygen atoms in total. The summed E-state index contributed by atoms with van der Waals surface area (Å²) >= 11 is 0. The topological polar surface area (TPSA) is 108 Å². The Balaban J connectivity index is 1.82.